The van der Waals surface area contributed by atoms with E-state index in [1.54, 1.807) is 24.0 Å². The first kappa shape index (κ1) is 11.6. The number of carbonyl (C=O) groups is 1. The van der Waals surface area contributed by atoms with E-state index in [0.717, 1.165) is 16.7 Å². The van der Waals surface area contributed by atoms with Crippen LogP contribution in [0.3, 0.4) is 0 Å². The van der Waals surface area contributed by atoms with E-state index in [9.17, 15) is 4.79 Å². The van der Waals surface area contributed by atoms with E-state index in [1.807, 2.05) is 32.9 Å². The summed E-state index contributed by atoms with van der Waals surface area (Å²) in [6.07, 6.45) is 1.64. The molecule has 1 aromatic carbocycles. The molecule has 3 heteroatoms. The molecule has 0 aliphatic carbocycles. The summed E-state index contributed by atoms with van der Waals surface area (Å²) >= 11 is 0. The van der Waals surface area contributed by atoms with Gasteiger partial charge < -0.3 is 0 Å². The molecule has 17 heavy (non-hydrogen) atoms. The molecule has 2 aromatic rings. The van der Waals surface area contributed by atoms with Crippen LogP contribution in [-0.4, -0.2) is 15.6 Å². The summed E-state index contributed by atoms with van der Waals surface area (Å²) in [5.74, 6) is 0.0417. The standard InChI is InChI=1S/C14H16N2O/c1-9-7-10(2)13(11(3)8-9)14(17)12-5-6-15-16(12)4/h5-8H,1-4H3. The van der Waals surface area contributed by atoms with Gasteiger partial charge in [-0.1, -0.05) is 17.7 Å². The van der Waals surface area contributed by atoms with E-state index in [1.165, 1.54) is 5.56 Å². The molecule has 0 unspecified atom stereocenters. The van der Waals surface area contributed by atoms with Gasteiger partial charge in [-0.25, -0.2) is 0 Å². The van der Waals surface area contributed by atoms with Crippen LogP contribution in [0.4, 0.5) is 0 Å². The molecule has 0 atom stereocenters. The van der Waals surface area contributed by atoms with Crippen molar-refractivity contribution < 1.29 is 4.79 Å². The Hall–Kier alpha value is -1.90. The Balaban J connectivity index is 2.56. The molecule has 0 bridgehead atoms. The molecular weight excluding hydrogens is 212 g/mol. The Morgan fingerprint density at radius 2 is 1.76 bits per heavy atom. The maximum Gasteiger partial charge on any atom is 0.211 e. The van der Waals surface area contributed by atoms with E-state index in [0.29, 0.717) is 5.69 Å². The summed E-state index contributed by atoms with van der Waals surface area (Å²) in [5, 5.41) is 4.04. The SMILES string of the molecule is Cc1cc(C)c(C(=O)c2ccnn2C)c(C)c1. The Bertz CT molecular complexity index is 559. The molecule has 0 fully saturated rings. The first-order valence-electron chi connectivity index (χ1n) is 5.61. The molecule has 1 aromatic heterocycles. The van der Waals surface area contributed by atoms with Gasteiger partial charge in [0, 0.05) is 18.8 Å². The third kappa shape index (κ3) is 2.00. The second-order valence-electron chi connectivity index (χ2n) is 4.44. The third-order valence-corrected chi connectivity index (χ3v) is 2.96. The highest BCUT2D eigenvalue weighted by atomic mass is 16.1. The zero-order chi connectivity index (χ0) is 12.6. The van der Waals surface area contributed by atoms with Gasteiger partial charge in [0.15, 0.2) is 0 Å². The Morgan fingerprint density at radius 3 is 2.24 bits per heavy atom. The number of nitrogens with zero attached hydrogens (tertiary/aromatic N) is 2. The maximum atomic E-state index is 12.4. The molecule has 0 saturated heterocycles. The number of rotatable bonds is 2. The van der Waals surface area contributed by atoms with Crippen molar-refractivity contribution in [3.05, 3.63) is 52.3 Å². The fraction of sp³-hybridized carbons (Fsp3) is 0.286. The third-order valence-electron chi connectivity index (χ3n) is 2.96. The molecule has 1 heterocycles. The molecule has 0 spiro atoms. The number of hydrogen-bond donors (Lipinski definition) is 0. The van der Waals surface area contributed by atoms with Crippen LogP contribution in [0.15, 0.2) is 24.4 Å². The average molecular weight is 228 g/mol. The lowest BCUT2D eigenvalue weighted by Gasteiger charge is -2.10. The van der Waals surface area contributed by atoms with Crippen molar-refractivity contribution in [2.24, 2.45) is 7.05 Å². The molecule has 0 saturated carbocycles. The fourth-order valence-corrected chi connectivity index (χ4v) is 2.26. The first-order chi connectivity index (χ1) is 8.00. The van der Waals surface area contributed by atoms with Crippen LogP contribution in [0.1, 0.15) is 32.7 Å². The second-order valence-corrected chi connectivity index (χ2v) is 4.44. The Kier molecular flexibility index (Phi) is 2.84. The molecule has 3 nitrogen and oxygen atoms in total. The zero-order valence-corrected chi connectivity index (χ0v) is 10.6. The summed E-state index contributed by atoms with van der Waals surface area (Å²) in [7, 11) is 1.78. The lowest BCUT2D eigenvalue weighted by Crippen LogP contribution is -2.11. The van der Waals surface area contributed by atoms with Crippen molar-refractivity contribution in [2.45, 2.75) is 20.8 Å². The van der Waals surface area contributed by atoms with Crippen molar-refractivity contribution in [2.75, 3.05) is 0 Å². The van der Waals surface area contributed by atoms with Gasteiger partial charge in [0.25, 0.3) is 0 Å². The minimum absolute atomic E-state index is 0.0417. The molecular formula is C14H16N2O. The number of benzene rings is 1. The molecule has 0 amide bonds. The number of ketones is 1. The van der Waals surface area contributed by atoms with Crippen LogP contribution in [0, 0.1) is 20.8 Å². The maximum absolute atomic E-state index is 12.4. The van der Waals surface area contributed by atoms with Gasteiger partial charge in [-0.05, 0) is 38.0 Å². The minimum atomic E-state index is 0.0417. The van der Waals surface area contributed by atoms with Crippen LogP contribution in [0.5, 0.6) is 0 Å². The average Bonchev–Trinajstić information content (AvgIpc) is 2.62. The largest absolute Gasteiger partial charge is 0.287 e. The van der Waals surface area contributed by atoms with E-state index < -0.39 is 0 Å². The fourth-order valence-electron chi connectivity index (χ4n) is 2.26. The molecule has 0 aliphatic heterocycles. The minimum Gasteiger partial charge on any atom is -0.287 e. The van der Waals surface area contributed by atoms with Gasteiger partial charge in [0.2, 0.25) is 5.78 Å². The summed E-state index contributed by atoms with van der Waals surface area (Å²) < 4.78 is 1.61. The van der Waals surface area contributed by atoms with Gasteiger partial charge in [0.05, 0.1) is 0 Å². The van der Waals surface area contributed by atoms with Gasteiger partial charge in [-0.2, -0.15) is 5.10 Å². The summed E-state index contributed by atoms with van der Waals surface area (Å²) in [4.78, 5) is 12.4. The van der Waals surface area contributed by atoms with Gasteiger partial charge in [-0.3, -0.25) is 9.48 Å². The topological polar surface area (TPSA) is 34.9 Å². The number of aromatic nitrogens is 2. The highest BCUT2D eigenvalue weighted by Crippen LogP contribution is 2.19. The summed E-state index contributed by atoms with van der Waals surface area (Å²) in [6.45, 7) is 5.99. The van der Waals surface area contributed by atoms with E-state index >= 15 is 0 Å². The van der Waals surface area contributed by atoms with Crippen molar-refractivity contribution in [1.82, 2.24) is 9.78 Å². The second kappa shape index (κ2) is 4.17. The molecule has 0 N–H and O–H groups in total. The van der Waals surface area contributed by atoms with Crippen LogP contribution < -0.4 is 0 Å². The van der Waals surface area contributed by atoms with Crippen LogP contribution >= 0.6 is 0 Å². The number of aryl methyl sites for hydroxylation is 4. The van der Waals surface area contributed by atoms with Gasteiger partial charge in [0.1, 0.15) is 5.69 Å². The predicted octanol–water partition coefficient (Wildman–Crippen LogP) is 2.58. The van der Waals surface area contributed by atoms with Crippen LogP contribution in [0.2, 0.25) is 0 Å². The Labute approximate surface area is 101 Å². The number of hydrogen-bond acceptors (Lipinski definition) is 2. The van der Waals surface area contributed by atoms with Crippen LogP contribution in [-0.2, 0) is 7.05 Å². The Morgan fingerprint density at radius 1 is 1.18 bits per heavy atom. The first-order valence-corrected chi connectivity index (χ1v) is 5.61. The van der Waals surface area contributed by atoms with Gasteiger partial charge in [-0.15, -0.1) is 0 Å². The smallest absolute Gasteiger partial charge is 0.211 e. The van der Waals surface area contributed by atoms with Crippen LogP contribution in [0.25, 0.3) is 0 Å². The van der Waals surface area contributed by atoms with E-state index in [2.05, 4.69) is 5.10 Å². The zero-order valence-electron chi connectivity index (χ0n) is 10.6. The molecule has 2 rings (SSSR count). The molecule has 0 aliphatic rings. The monoisotopic (exact) mass is 228 g/mol. The highest BCUT2D eigenvalue weighted by Gasteiger charge is 2.17. The number of carbonyl (C=O) groups excluding carboxylic acids is 1. The van der Waals surface area contributed by atoms with Gasteiger partial charge >= 0.3 is 0 Å². The van der Waals surface area contributed by atoms with Crippen molar-refractivity contribution in [1.29, 1.82) is 0 Å². The molecule has 88 valence electrons. The van der Waals surface area contributed by atoms with E-state index in [4.69, 9.17) is 0 Å². The van der Waals surface area contributed by atoms with Crippen molar-refractivity contribution in [3.8, 4) is 0 Å². The summed E-state index contributed by atoms with van der Waals surface area (Å²) in [6, 6.07) is 5.83. The molecule has 0 radical (unpaired) electrons. The predicted molar refractivity (Wildman–Crippen MR) is 67.3 cm³/mol. The summed E-state index contributed by atoms with van der Waals surface area (Å²) in [5.41, 5.74) is 4.64. The highest BCUT2D eigenvalue weighted by molar-refractivity contribution is 6.09. The van der Waals surface area contributed by atoms with Crippen molar-refractivity contribution >= 4 is 5.78 Å². The quantitative estimate of drug-likeness (QED) is 0.740. The lowest BCUT2D eigenvalue weighted by atomic mass is 9.95. The normalized spacial score (nSPS) is 10.6. The van der Waals surface area contributed by atoms with E-state index in [-0.39, 0.29) is 5.78 Å². The van der Waals surface area contributed by atoms with Crippen molar-refractivity contribution in [3.63, 3.8) is 0 Å². The lowest BCUT2D eigenvalue weighted by molar-refractivity contribution is 0.102.